The van der Waals surface area contributed by atoms with Crippen LogP contribution in [0.1, 0.15) is 21.6 Å². The van der Waals surface area contributed by atoms with Crippen LogP contribution in [0.5, 0.6) is 0 Å². The summed E-state index contributed by atoms with van der Waals surface area (Å²) in [4.78, 5) is 19.5. The van der Waals surface area contributed by atoms with Crippen molar-refractivity contribution in [2.45, 2.75) is 13.2 Å². The molecule has 0 amide bonds. The average molecular weight is 248 g/mol. The van der Waals surface area contributed by atoms with Gasteiger partial charge in [-0.1, -0.05) is 0 Å². The Morgan fingerprint density at radius 2 is 2.11 bits per heavy atom. The van der Waals surface area contributed by atoms with Crippen LogP contribution in [0.4, 0.5) is 0 Å². The molecule has 2 aromatic heterocycles. The number of hydrogen-bond acceptors (Lipinski definition) is 6. The van der Waals surface area contributed by atoms with Gasteiger partial charge in [-0.15, -0.1) is 0 Å². The summed E-state index contributed by atoms with van der Waals surface area (Å²) in [5.41, 5.74) is 1.61. The van der Waals surface area contributed by atoms with E-state index in [9.17, 15) is 4.79 Å². The molecule has 0 atom stereocenters. The molecule has 0 radical (unpaired) electrons. The molecule has 0 saturated carbocycles. The van der Waals surface area contributed by atoms with E-state index in [-0.39, 0.29) is 13.2 Å². The number of rotatable bonds is 5. The van der Waals surface area contributed by atoms with Crippen molar-refractivity contribution in [3.63, 3.8) is 0 Å². The molecule has 7 heteroatoms. The van der Waals surface area contributed by atoms with Gasteiger partial charge in [0.2, 0.25) is 0 Å². The first kappa shape index (κ1) is 12.2. The van der Waals surface area contributed by atoms with Crippen molar-refractivity contribution in [3.05, 3.63) is 41.7 Å². The molecule has 1 N–H and O–H groups in total. The summed E-state index contributed by atoms with van der Waals surface area (Å²) in [5, 5.41) is 6.51. The fraction of sp³-hybridized carbons (Fsp3) is 0.273. The van der Waals surface area contributed by atoms with Crippen LogP contribution < -0.4 is 0 Å². The van der Waals surface area contributed by atoms with E-state index in [4.69, 9.17) is 9.47 Å². The lowest BCUT2D eigenvalue weighted by atomic mass is 10.2. The number of ether oxygens (including phenoxy) is 2. The molecule has 0 aliphatic rings. The third-order valence-electron chi connectivity index (χ3n) is 2.20. The lowest BCUT2D eigenvalue weighted by Crippen LogP contribution is -2.08. The van der Waals surface area contributed by atoms with Crippen molar-refractivity contribution in [2.24, 2.45) is 0 Å². The fourth-order valence-corrected chi connectivity index (χ4v) is 1.37. The first-order valence-electron chi connectivity index (χ1n) is 5.24. The van der Waals surface area contributed by atoms with E-state index in [1.165, 1.54) is 19.6 Å². The molecule has 0 bridgehead atoms. The van der Waals surface area contributed by atoms with Crippen molar-refractivity contribution in [2.75, 3.05) is 7.11 Å². The van der Waals surface area contributed by atoms with Crippen molar-refractivity contribution in [3.8, 4) is 0 Å². The maximum absolute atomic E-state index is 11.8. The van der Waals surface area contributed by atoms with Crippen LogP contribution in [0, 0.1) is 0 Å². The summed E-state index contributed by atoms with van der Waals surface area (Å²) in [6.45, 7) is 0.375. The number of hydrogen-bond donors (Lipinski definition) is 1. The van der Waals surface area contributed by atoms with Crippen molar-refractivity contribution in [1.29, 1.82) is 0 Å². The average Bonchev–Trinajstić information content (AvgIpc) is 2.86. The number of methoxy groups -OCH3 is 1. The lowest BCUT2D eigenvalue weighted by Gasteiger charge is -2.04. The van der Waals surface area contributed by atoms with E-state index >= 15 is 0 Å². The summed E-state index contributed by atoms with van der Waals surface area (Å²) in [6, 6.07) is 0. The zero-order chi connectivity index (χ0) is 12.8. The predicted molar refractivity (Wildman–Crippen MR) is 60.5 cm³/mol. The third kappa shape index (κ3) is 2.89. The van der Waals surface area contributed by atoms with E-state index in [0.717, 1.165) is 5.56 Å². The Bertz CT molecular complexity index is 512. The van der Waals surface area contributed by atoms with Gasteiger partial charge in [-0.2, -0.15) is 5.10 Å². The zero-order valence-corrected chi connectivity index (χ0v) is 9.79. The van der Waals surface area contributed by atoms with Gasteiger partial charge in [-0.3, -0.25) is 5.10 Å². The summed E-state index contributed by atoms with van der Waals surface area (Å²) >= 11 is 0. The molecule has 2 aromatic rings. The Hall–Kier alpha value is -2.28. The molecule has 18 heavy (non-hydrogen) atoms. The topological polar surface area (TPSA) is 90.0 Å². The van der Waals surface area contributed by atoms with Crippen molar-refractivity contribution < 1.29 is 14.3 Å². The van der Waals surface area contributed by atoms with Crippen molar-refractivity contribution >= 4 is 5.97 Å². The smallest absolute Gasteiger partial charge is 0.342 e. The second-order valence-corrected chi connectivity index (χ2v) is 3.50. The maximum atomic E-state index is 11.8. The first-order chi connectivity index (χ1) is 8.81. The van der Waals surface area contributed by atoms with Gasteiger partial charge in [0.25, 0.3) is 0 Å². The summed E-state index contributed by atoms with van der Waals surface area (Å²) < 4.78 is 10.1. The van der Waals surface area contributed by atoms with Crippen molar-refractivity contribution in [1.82, 2.24) is 20.2 Å². The Kier molecular flexibility index (Phi) is 3.98. The first-order valence-corrected chi connectivity index (χ1v) is 5.24. The molecule has 0 aliphatic carbocycles. The predicted octanol–water partition coefficient (Wildman–Crippen LogP) is 0.703. The van der Waals surface area contributed by atoms with Gasteiger partial charge in [0.15, 0.2) is 0 Å². The third-order valence-corrected chi connectivity index (χ3v) is 2.20. The highest BCUT2D eigenvalue weighted by Crippen LogP contribution is 2.09. The Balaban J connectivity index is 1.97. The van der Waals surface area contributed by atoms with E-state index < -0.39 is 5.97 Å². The minimum Gasteiger partial charge on any atom is -0.457 e. The zero-order valence-electron chi connectivity index (χ0n) is 9.79. The van der Waals surface area contributed by atoms with Gasteiger partial charge in [-0.25, -0.2) is 14.8 Å². The Labute approximate surface area is 103 Å². The SMILES string of the molecule is COCc1n[nH]cc1C(=O)OCc1cncnc1. The molecule has 0 fully saturated rings. The minimum atomic E-state index is -0.459. The monoisotopic (exact) mass is 248 g/mol. The van der Waals surface area contributed by atoms with Gasteiger partial charge in [0.1, 0.15) is 24.2 Å². The Morgan fingerprint density at radius 1 is 1.33 bits per heavy atom. The second kappa shape index (κ2) is 5.87. The second-order valence-electron chi connectivity index (χ2n) is 3.50. The number of esters is 1. The van der Waals surface area contributed by atoms with Gasteiger partial charge in [-0.05, 0) is 0 Å². The minimum absolute atomic E-state index is 0.122. The van der Waals surface area contributed by atoms with E-state index in [0.29, 0.717) is 11.3 Å². The Morgan fingerprint density at radius 3 is 2.83 bits per heavy atom. The number of carbonyl (C=O) groups is 1. The molecule has 0 aromatic carbocycles. The number of H-pyrrole nitrogens is 1. The highest BCUT2D eigenvalue weighted by Gasteiger charge is 2.15. The molecular weight excluding hydrogens is 236 g/mol. The molecule has 0 spiro atoms. The van der Waals surface area contributed by atoms with Crippen LogP contribution in [0.3, 0.4) is 0 Å². The number of aromatic nitrogens is 4. The van der Waals surface area contributed by atoms with Crippen LogP contribution in [-0.2, 0) is 22.7 Å². The molecule has 0 aliphatic heterocycles. The van der Waals surface area contributed by atoms with Crippen LogP contribution in [0.25, 0.3) is 0 Å². The molecule has 2 rings (SSSR count). The number of carbonyl (C=O) groups excluding carboxylic acids is 1. The quantitative estimate of drug-likeness (QED) is 0.783. The maximum Gasteiger partial charge on any atom is 0.342 e. The molecule has 0 saturated heterocycles. The molecule has 7 nitrogen and oxygen atoms in total. The summed E-state index contributed by atoms with van der Waals surface area (Å²) in [5.74, 6) is -0.459. The number of nitrogens with zero attached hydrogens (tertiary/aromatic N) is 3. The summed E-state index contributed by atoms with van der Waals surface area (Å²) in [6.07, 6.45) is 6.08. The highest BCUT2D eigenvalue weighted by molar-refractivity contribution is 5.90. The van der Waals surface area contributed by atoms with Gasteiger partial charge < -0.3 is 9.47 Å². The van der Waals surface area contributed by atoms with E-state index in [2.05, 4.69) is 20.2 Å². The normalized spacial score (nSPS) is 10.3. The standard InChI is InChI=1S/C11H12N4O3/c1-17-6-10-9(4-14-15-10)11(16)18-5-8-2-12-7-13-3-8/h2-4,7H,5-6H2,1H3,(H,14,15). The lowest BCUT2D eigenvalue weighted by molar-refractivity contribution is 0.0467. The van der Waals surface area contributed by atoms with Gasteiger partial charge in [0.05, 0.1) is 6.61 Å². The van der Waals surface area contributed by atoms with E-state index in [1.807, 2.05) is 0 Å². The molecule has 2 heterocycles. The van der Waals surface area contributed by atoms with Gasteiger partial charge in [0, 0.05) is 31.3 Å². The van der Waals surface area contributed by atoms with Crippen LogP contribution in [0.15, 0.2) is 24.9 Å². The number of nitrogens with one attached hydrogen (secondary N) is 1. The number of aromatic amines is 1. The highest BCUT2D eigenvalue weighted by atomic mass is 16.5. The largest absolute Gasteiger partial charge is 0.457 e. The molecule has 94 valence electrons. The van der Waals surface area contributed by atoms with Crippen LogP contribution in [0.2, 0.25) is 0 Å². The molecule has 0 unspecified atom stereocenters. The van der Waals surface area contributed by atoms with Crippen LogP contribution >= 0.6 is 0 Å². The molecular formula is C11H12N4O3. The van der Waals surface area contributed by atoms with Gasteiger partial charge >= 0.3 is 5.97 Å². The van der Waals surface area contributed by atoms with Crippen LogP contribution in [-0.4, -0.2) is 33.2 Å². The van der Waals surface area contributed by atoms with E-state index in [1.54, 1.807) is 12.4 Å². The fourth-order valence-electron chi connectivity index (χ4n) is 1.37. The summed E-state index contributed by atoms with van der Waals surface area (Å²) in [7, 11) is 1.53.